The summed E-state index contributed by atoms with van der Waals surface area (Å²) in [5.41, 5.74) is 0. The molecular formula is C74H124O6. The maximum atomic E-state index is 12.9. The van der Waals surface area contributed by atoms with E-state index >= 15 is 0 Å². The summed E-state index contributed by atoms with van der Waals surface area (Å²) in [5, 5.41) is 0. The Morgan fingerprint density at radius 3 is 0.787 bits per heavy atom. The Balaban J connectivity index is 4.47. The monoisotopic (exact) mass is 1110 g/mol. The minimum atomic E-state index is -0.812. The lowest BCUT2D eigenvalue weighted by atomic mass is 10.0. The quantitative estimate of drug-likeness (QED) is 0.0261. The third kappa shape index (κ3) is 64.6. The molecule has 1 atom stereocenters. The number of carbonyl (C=O) groups is 3. The molecule has 0 saturated heterocycles. The van der Waals surface area contributed by atoms with Crippen molar-refractivity contribution in [2.45, 2.75) is 316 Å². The summed E-state index contributed by atoms with van der Waals surface area (Å²) in [6.07, 6.45) is 93.5. The fraction of sp³-hybridized carbons (Fsp3) is 0.689. The van der Waals surface area contributed by atoms with Crippen molar-refractivity contribution in [1.82, 2.24) is 0 Å². The first kappa shape index (κ1) is 75.8. The van der Waals surface area contributed by atoms with Crippen LogP contribution in [0.15, 0.2) is 122 Å². The van der Waals surface area contributed by atoms with Crippen molar-refractivity contribution in [2.75, 3.05) is 13.2 Å². The molecule has 0 fully saturated rings. The first-order chi connectivity index (χ1) is 39.5. The minimum absolute atomic E-state index is 0.101. The summed E-state index contributed by atoms with van der Waals surface area (Å²) in [4.78, 5) is 38.4. The lowest BCUT2D eigenvalue weighted by Crippen LogP contribution is -2.30. The fourth-order valence-electron chi connectivity index (χ4n) is 9.26. The van der Waals surface area contributed by atoms with Crippen molar-refractivity contribution < 1.29 is 28.6 Å². The van der Waals surface area contributed by atoms with E-state index in [4.69, 9.17) is 14.2 Å². The molecule has 6 heteroatoms. The van der Waals surface area contributed by atoms with Gasteiger partial charge in [-0.2, -0.15) is 0 Å². The van der Waals surface area contributed by atoms with Crippen molar-refractivity contribution in [3.05, 3.63) is 122 Å². The predicted octanol–water partition coefficient (Wildman–Crippen LogP) is 23.2. The van der Waals surface area contributed by atoms with Crippen LogP contribution in [-0.2, 0) is 28.6 Å². The van der Waals surface area contributed by atoms with E-state index in [2.05, 4.69) is 142 Å². The number of esters is 3. The van der Waals surface area contributed by atoms with Gasteiger partial charge in [0, 0.05) is 19.3 Å². The highest BCUT2D eigenvalue weighted by molar-refractivity contribution is 5.71. The average molecular weight is 1110 g/mol. The van der Waals surface area contributed by atoms with Crippen LogP contribution in [0.4, 0.5) is 0 Å². The second-order valence-corrected chi connectivity index (χ2v) is 22.0. The summed E-state index contributed by atoms with van der Waals surface area (Å²) in [6.45, 7) is 6.40. The molecular weight excluding hydrogens is 985 g/mol. The van der Waals surface area contributed by atoms with Gasteiger partial charge in [-0.15, -0.1) is 0 Å². The standard InChI is InChI=1S/C74H124O6/c1-4-7-10-13-16-19-22-25-28-31-34-36-38-40-43-46-49-52-55-58-61-64-67-73(76)79-70-71(69-78-72(75)66-63-60-57-54-51-48-45-42-39-33-30-27-24-21-18-15-12-9-6-3)80-74(77)68-65-62-59-56-53-50-47-44-41-37-35-32-29-26-23-20-17-14-11-8-5-2/h8-9,11-12,17-18,20-21,26-27,29-30,35,37,39,42,44,47,53,56,71H,4-7,10,13-16,19,22-25,28,31-34,36,38,40-41,43,45-46,48-52,54-55,57-70H2,1-3H3/b11-8-,12-9-,20-17-,21-18-,29-26-,30-27-,37-35-,42-39-,47-44-,56-53-. The lowest BCUT2D eigenvalue weighted by Gasteiger charge is -2.18. The van der Waals surface area contributed by atoms with Crippen molar-refractivity contribution in [3.8, 4) is 0 Å². The number of unbranched alkanes of at least 4 members (excludes halogenated alkanes) is 29. The molecule has 0 aliphatic carbocycles. The highest BCUT2D eigenvalue weighted by Crippen LogP contribution is 2.17. The predicted molar refractivity (Wildman–Crippen MR) is 348 cm³/mol. The zero-order valence-electron chi connectivity index (χ0n) is 52.3. The van der Waals surface area contributed by atoms with Gasteiger partial charge in [0.2, 0.25) is 0 Å². The van der Waals surface area contributed by atoms with Gasteiger partial charge < -0.3 is 14.2 Å². The van der Waals surface area contributed by atoms with Gasteiger partial charge in [0.1, 0.15) is 13.2 Å². The second kappa shape index (κ2) is 67.3. The summed E-state index contributed by atoms with van der Waals surface area (Å²) >= 11 is 0. The van der Waals surface area contributed by atoms with E-state index in [0.717, 1.165) is 128 Å². The fourth-order valence-corrected chi connectivity index (χ4v) is 9.26. The number of rotatable bonds is 60. The van der Waals surface area contributed by atoms with E-state index in [1.807, 2.05) is 0 Å². The molecule has 0 bridgehead atoms. The number of carbonyl (C=O) groups excluding carboxylic acids is 3. The van der Waals surface area contributed by atoms with E-state index in [1.165, 1.54) is 135 Å². The smallest absolute Gasteiger partial charge is 0.306 e. The van der Waals surface area contributed by atoms with Gasteiger partial charge in [-0.3, -0.25) is 14.4 Å². The Kier molecular flexibility index (Phi) is 63.8. The van der Waals surface area contributed by atoms with E-state index in [9.17, 15) is 14.4 Å². The normalized spacial score (nSPS) is 12.9. The zero-order valence-corrected chi connectivity index (χ0v) is 52.3. The molecule has 0 aromatic rings. The van der Waals surface area contributed by atoms with Gasteiger partial charge in [-0.25, -0.2) is 0 Å². The summed E-state index contributed by atoms with van der Waals surface area (Å²) in [7, 11) is 0. The van der Waals surface area contributed by atoms with Crippen LogP contribution in [-0.4, -0.2) is 37.2 Å². The molecule has 6 nitrogen and oxygen atoms in total. The van der Waals surface area contributed by atoms with Crippen LogP contribution < -0.4 is 0 Å². The lowest BCUT2D eigenvalue weighted by molar-refractivity contribution is -0.167. The Morgan fingerprint density at radius 1 is 0.263 bits per heavy atom. The van der Waals surface area contributed by atoms with Crippen LogP contribution in [0, 0.1) is 0 Å². The molecule has 0 amide bonds. The molecule has 0 heterocycles. The molecule has 0 N–H and O–H groups in total. The molecule has 456 valence electrons. The molecule has 1 unspecified atom stereocenters. The molecule has 0 aromatic carbocycles. The molecule has 80 heavy (non-hydrogen) atoms. The van der Waals surface area contributed by atoms with Gasteiger partial charge in [-0.1, -0.05) is 303 Å². The van der Waals surface area contributed by atoms with E-state index in [0.29, 0.717) is 19.3 Å². The van der Waals surface area contributed by atoms with Crippen molar-refractivity contribution in [2.24, 2.45) is 0 Å². The van der Waals surface area contributed by atoms with Crippen LogP contribution in [0.5, 0.6) is 0 Å². The Morgan fingerprint density at radius 2 is 0.487 bits per heavy atom. The molecule has 0 aromatic heterocycles. The van der Waals surface area contributed by atoms with Gasteiger partial charge in [0.25, 0.3) is 0 Å². The number of ether oxygens (including phenoxy) is 3. The minimum Gasteiger partial charge on any atom is -0.462 e. The Labute approximate surface area is 494 Å². The Hall–Kier alpha value is -4.19. The number of hydrogen-bond donors (Lipinski definition) is 0. The number of allylic oxidation sites excluding steroid dienone is 20. The third-order valence-electron chi connectivity index (χ3n) is 14.2. The molecule has 0 saturated carbocycles. The van der Waals surface area contributed by atoms with Gasteiger partial charge in [-0.05, 0) is 109 Å². The maximum absolute atomic E-state index is 12.9. The van der Waals surface area contributed by atoms with Crippen LogP contribution in [0.25, 0.3) is 0 Å². The summed E-state index contributed by atoms with van der Waals surface area (Å²) in [6, 6.07) is 0. The average Bonchev–Trinajstić information content (AvgIpc) is 3.46. The summed E-state index contributed by atoms with van der Waals surface area (Å²) < 4.78 is 16.9. The van der Waals surface area contributed by atoms with Crippen LogP contribution in [0.2, 0.25) is 0 Å². The zero-order chi connectivity index (χ0) is 57.8. The van der Waals surface area contributed by atoms with Crippen LogP contribution >= 0.6 is 0 Å². The molecule has 0 radical (unpaired) electrons. The van der Waals surface area contributed by atoms with Crippen molar-refractivity contribution >= 4 is 17.9 Å². The van der Waals surface area contributed by atoms with Gasteiger partial charge in [0.15, 0.2) is 6.10 Å². The molecule has 0 aliphatic heterocycles. The van der Waals surface area contributed by atoms with Crippen LogP contribution in [0.1, 0.15) is 310 Å². The van der Waals surface area contributed by atoms with Gasteiger partial charge in [0.05, 0.1) is 0 Å². The topological polar surface area (TPSA) is 78.9 Å². The van der Waals surface area contributed by atoms with Crippen LogP contribution in [0.3, 0.4) is 0 Å². The van der Waals surface area contributed by atoms with Crippen molar-refractivity contribution in [1.29, 1.82) is 0 Å². The highest BCUT2D eigenvalue weighted by atomic mass is 16.6. The van der Waals surface area contributed by atoms with Crippen molar-refractivity contribution in [3.63, 3.8) is 0 Å². The Bertz CT molecular complexity index is 1650. The first-order valence-electron chi connectivity index (χ1n) is 33.5. The van der Waals surface area contributed by atoms with E-state index in [-0.39, 0.29) is 37.5 Å². The first-order valence-corrected chi connectivity index (χ1v) is 33.5. The highest BCUT2D eigenvalue weighted by Gasteiger charge is 2.19. The second-order valence-electron chi connectivity index (χ2n) is 22.0. The van der Waals surface area contributed by atoms with Gasteiger partial charge >= 0.3 is 17.9 Å². The molecule has 0 aliphatic rings. The summed E-state index contributed by atoms with van der Waals surface area (Å²) in [5.74, 6) is -0.949. The maximum Gasteiger partial charge on any atom is 0.306 e. The van der Waals surface area contributed by atoms with E-state index < -0.39 is 6.10 Å². The van der Waals surface area contributed by atoms with E-state index in [1.54, 1.807) is 0 Å². The largest absolute Gasteiger partial charge is 0.462 e. The SMILES string of the molecule is CC/C=C\C/C=C\C/C=C\C/C=C\C/C=C\C/C=C\CCCCC(=O)OC(COC(=O)CCCCCCCC/C=C\C/C=C\C/C=C\C/C=C\CC)COC(=O)CCCCCCCCCCCCCCCCCCCCCCCC. The number of hydrogen-bond acceptors (Lipinski definition) is 6. The third-order valence-corrected chi connectivity index (χ3v) is 14.2. The molecule has 0 spiro atoms. The molecule has 0 rings (SSSR count).